The van der Waals surface area contributed by atoms with E-state index in [-0.39, 0.29) is 5.41 Å². The van der Waals surface area contributed by atoms with Crippen LogP contribution in [0.3, 0.4) is 0 Å². The average molecular weight is 358 g/mol. The van der Waals surface area contributed by atoms with Crippen molar-refractivity contribution in [2.75, 3.05) is 5.73 Å². The second-order valence-electron chi connectivity index (χ2n) is 9.36. The van der Waals surface area contributed by atoms with Gasteiger partial charge in [0.1, 0.15) is 0 Å². The Morgan fingerprint density at radius 3 is 2.76 bits per heavy atom. The van der Waals surface area contributed by atoms with Crippen LogP contribution in [0.5, 0.6) is 0 Å². The van der Waals surface area contributed by atoms with Crippen molar-refractivity contribution in [1.29, 1.82) is 0 Å². The minimum Gasteiger partial charge on any atom is -0.368 e. The molecule has 134 valence electrons. The van der Waals surface area contributed by atoms with Gasteiger partial charge in [0.2, 0.25) is 5.95 Å². The summed E-state index contributed by atoms with van der Waals surface area (Å²) in [6, 6.07) is 0. The first kappa shape index (κ1) is 16.1. The zero-order chi connectivity index (χ0) is 17.4. The van der Waals surface area contributed by atoms with Crippen molar-refractivity contribution in [3.63, 3.8) is 0 Å². The van der Waals surface area contributed by atoms with E-state index >= 15 is 0 Å². The molecule has 0 spiro atoms. The Morgan fingerprint density at radius 1 is 1.12 bits per heavy atom. The average Bonchev–Trinajstić information content (AvgIpc) is 2.88. The highest BCUT2D eigenvalue weighted by molar-refractivity contribution is 6.20. The summed E-state index contributed by atoms with van der Waals surface area (Å²) in [5, 5.41) is 0.346. The molecule has 1 heterocycles. The van der Waals surface area contributed by atoms with Crippen LogP contribution < -0.4 is 5.73 Å². The molecular weight excluding hydrogens is 330 g/mol. The molecule has 4 aliphatic rings. The van der Waals surface area contributed by atoms with Crippen molar-refractivity contribution in [3.8, 4) is 0 Å². The highest BCUT2D eigenvalue weighted by Gasteiger charge is 2.58. The second kappa shape index (κ2) is 5.22. The first-order chi connectivity index (χ1) is 11.9. The molecular formula is C21H28ClN3. The predicted molar refractivity (Wildman–Crippen MR) is 102 cm³/mol. The van der Waals surface area contributed by atoms with Crippen LogP contribution in [0.4, 0.5) is 5.95 Å². The van der Waals surface area contributed by atoms with Gasteiger partial charge in [0.25, 0.3) is 0 Å². The molecule has 0 aliphatic heterocycles. The smallest absolute Gasteiger partial charge is 0.220 e. The molecule has 0 amide bonds. The highest BCUT2D eigenvalue weighted by Crippen LogP contribution is 2.64. The summed E-state index contributed by atoms with van der Waals surface area (Å²) in [6.45, 7) is 4.96. The van der Waals surface area contributed by atoms with Crippen LogP contribution in [0.15, 0.2) is 17.8 Å². The molecule has 2 fully saturated rings. The molecule has 0 bridgehead atoms. The molecule has 5 rings (SSSR count). The topological polar surface area (TPSA) is 51.8 Å². The van der Waals surface area contributed by atoms with Crippen molar-refractivity contribution in [3.05, 3.63) is 29.1 Å². The van der Waals surface area contributed by atoms with Gasteiger partial charge in [0, 0.05) is 17.0 Å². The zero-order valence-corrected chi connectivity index (χ0v) is 16.0. The Balaban J connectivity index is 1.54. The third kappa shape index (κ3) is 2.11. The van der Waals surface area contributed by atoms with Crippen molar-refractivity contribution in [2.24, 2.45) is 23.2 Å². The largest absolute Gasteiger partial charge is 0.368 e. The summed E-state index contributed by atoms with van der Waals surface area (Å²) in [7, 11) is 0. The fourth-order valence-electron chi connectivity index (χ4n) is 6.91. The molecule has 6 atom stereocenters. The Labute approximate surface area is 155 Å². The normalized spacial score (nSPS) is 45.0. The molecule has 2 saturated carbocycles. The lowest BCUT2D eigenvalue weighted by atomic mass is 9.48. The first-order valence-electron chi connectivity index (χ1n) is 9.87. The van der Waals surface area contributed by atoms with Gasteiger partial charge in [-0.25, -0.2) is 9.97 Å². The summed E-state index contributed by atoms with van der Waals surface area (Å²) < 4.78 is 0. The number of nitrogen functional groups attached to an aromatic ring is 1. The Hall–Kier alpha value is -1.09. The highest BCUT2D eigenvalue weighted by atomic mass is 35.5. The van der Waals surface area contributed by atoms with Crippen LogP contribution in [0.25, 0.3) is 0 Å². The SMILES string of the molecule is CC12CCC(Cl)CC1=CCC1C2CCC2(C)c3nc(N)ncc3CC12. The maximum Gasteiger partial charge on any atom is 0.220 e. The molecule has 1 aromatic rings. The van der Waals surface area contributed by atoms with E-state index in [2.05, 4.69) is 29.9 Å². The van der Waals surface area contributed by atoms with Crippen LogP contribution in [0, 0.1) is 23.2 Å². The van der Waals surface area contributed by atoms with Crippen molar-refractivity contribution < 1.29 is 0 Å². The number of alkyl halides is 1. The molecule has 1 aromatic heterocycles. The number of anilines is 1. The Morgan fingerprint density at radius 2 is 1.92 bits per heavy atom. The fourth-order valence-corrected chi connectivity index (χ4v) is 7.18. The van der Waals surface area contributed by atoms with Crippen LogP contribution >= 0.6 is 11.6 Å². The quantitative estimate of drug-likeness (QED) is 0.543. The summed E-state index contributed by atoms with van der Waals surface area (Å²) in [5.74, 6) is 2.67. The van der Waals surface area contributed by atoms with Crippen LogP contribution in [0.1, 0.15) is 63.6 Å². The molecule has 0 aromatic carbocycles. The van der Waals surface area contributed by atoms with Crippen LogP contribution in [-0.2, 0) is 11.8 Å². The third-order valence-electron chi connectivity index (χ3n) is 8.30. The molecule has 25 heavy (non-hydrogen) atoms. The zero-order valence-electron chi connectivity index (χ0n) is 15.3. The number of hydrogen-bond acceptors (Lipinski definition) is 3. The molecule has 0 radical (unpaired) electrons. The van der Waals surface area contributed by atoms with Gasteiger partial charge in [-0.05, 0) is 73.7 Å². The van der Waals surface area contributed by atoms with Crippen molar-refractivity contribution in [2.45, 2.75) is 69.6 Å². The van der Waals surface area contributed by atoms with Crippen LogP contribution in [-0.4, -0.2) is 15.3 Å². The summed E-state index contributed by atoms with van der Waals surface area (Å²) in [6.07, 6.45) is 13.0. The van der Waals surface area contributed by atoms with Gasteiger partial charge in [0.05, 0.1) is 5.69 Å². The van der Waals surface area contributed by atoms with Gasteiger partial charge in [-0.3, -0.25) is 0 Å². The van der Waals surface area contributed by atoms with Gasteiger partial charge >= 0.3 is 0 Å². The van der Waals surface area contributed by atoms with Gasteiger partial charge in [-0.2, -0.15) is 0 Å². The van der Waals surface area contributed by atoms with Crippen molar-refractivity contribution >= 4 is 17.5 Å². The van der Waals surface area contributed by atoms with Crippen molar-refractivity contribution in [1.82, 2.24) is 9.97 Å². The van der Waals surface area contributed by atoms with E-state index < -0.39 is 0 Å². The number of hydrogen-bond donors (Lipinski definition) is 1. The molecule has 4 heteroatoms. The van der Waals surface area contributed by atoms with Gasteiger partial charge < -0.3 is 5.73 Å². The number of halogens is 1. The number of fused-ring (bicyclic) bond motifs is 7. The maximum absolute atomic E-state index is 6.49. The lowest BCUT2D eigenvalue weighted by Crippen LogP contribution is -2.50. The predicted octanol–water partition coefficient (Wildman–Crippen LogP) is 4.64. The minimum atomic E-state index is 0.180. The Bertz CT molecular complexity index is 760. The van der Waals surface area contributed by atoms with E-state index in [1.807, 2.05) is 6.20 Å². The van der Waals surface area contributed by atoms with E-state index in [1.54, 1.807) is 5.57 Å². The summed E-state index contributed by atoms with van der Waals surface area (Å²) >= 11 is 6.49. The maximum atomic E-state index is 6.49. The van der Waals surface area contributed by atoms with Gasteiger partial charge in [-0.15, -0.1) is 11.6 Å². The van der Waals surface area contributed by atoms with E-state index in [9.17, 15) is 0 Å². The standard InChI is InChI=1S/C21H28ClN3/c1-20-7-5-14(22)10-13(20)3-4-15-16(20)6-8-21(2)17(15)9-12-11-24-19(23)25-18(12)21/h3,11,14-17H,4-10H2,1-2H3,(H2,23,24,25). The van der Waals surface area contributed by atoms with Crippen LogP contribution in [0.2, 0.25) is 0 Å². The molecule has 6 unspecified atom stereocenters. The number of nitrogens with zero attached hydrogens (tertiary/aromatic N) is 2. The van der Waals surface area contributed by atoms with Gasteiger partial charge in [-0.1, -0.05) is 25.5 Å². The number of rotatable bonds is 0. The molecule has 3 nitrogen and oxygen atoms in total. The van der Waals surface area contributed by atoms with E-state index in [0.29, 0.717) is 22.7 Å². The van der Waals surface area contributed by atoms with Gasteiger partial charge in [0.15, 0.2) is 0 Å². The minimum absolute atomic E-state index is 0.180. The third-order valence-corrected chi connectivity index (χ3v) is 8.67. The molecule has 2 N–H and O–H groups in total. The summed E-state index contributed by atoms with van der Waals surface area (Å²) in [5.41, 5.74) is 10.7. The monoisotopic (exact) mass is 357 g/mol. The lowest BCUT2D eigenvalue weighted by Gasteiger charge is -2.57. The molecule has 0 saturated heterocycles. The number of allylic oxidation sites excluding steroid dienone is 2. The van der Waals surface area contributed by atoms with E-state index in [1.165, 1.54) is 43.4 Å². The summed E-state index contributed by atoms with van der Waals surface area (Å²) in [4.78, 5) is 8.96. The number of nitrogens with two attached hydrogens (primary N) is 1. The second-order valence-corrected chi connectivity index (χ2v) is 9.98. The fraction of sp³-hybridized carbons (Fsp3) is 0.714. The Kier molecular flexibility index (Phi) is 3.36. The number of aromatic nitrogens is 2. The van der Waals surface area contributed by atoms with E-state index in [4.69, 9.17) is 17.3 Å². The van der Waals surface area contributed by atoms with E-state index in [0.717, 1.165) is 24.7 Å². The lowest BCUT2D eigenvalue weighted by molar-refractivity contribution is -0.000890. The molecule has 4 aliphatic carbocycles. The first-order valence-corrected chi connectivity index (χ1v) is 10.3.